The zero-order valence-corrected chi connectivity index (χ0v) is 10.6. The number of aromatic nitrogens is 1. The number of fused-ring (bicyclic) bond motifs is 1. The fraction of sp³-hybridized carbons (Fsp3) is 0.0714. The maximum atomic E-state index is 13.3. The lowest BCUT2D eigenvalue weighted by atomic mass is 10.1. The van der Waals surface area contributed by atoms with E-state index in [0.29, 0.717) is 10.9 Å². The predicted octanol–water partition coefficient (Wildman–Crippen LogP) is 3.66. The molecule has 3 nitrogen and oxygen atoms in total. The largest absolute Gasteiger partial charge is 0.481 e. The first-order chi connectivity index (χ1) is 9.15. The van der Waals surface area contributed by atoms with Gasteiger partial charge in [0.1, 0.15) is 5.82 Å². The van der Waals surface area contributed by atoms with Crippen molar-refractivity contribution in [3.8, 4) is 10.6 Å². The Labute approximate surface area is 112 Å². The molecule has 0 spiro atoms. The molecule has 0 bridgehead atoms. The molecule has 2 N–H and O–H groups in total. The van der Waals surface area contributed by atoms with Crippen molar-refractivity contribution < 1.29 is 14.3 Å². The third kappa shape index (κ3) is 2.13. The molecule has 0 aliphatic heterocycles. The molecule has 0 atom stereocenters. The molecule has 0 fully saturated rings. The van der Waals surface area contributed by atoms with Crippen molar-refractivity contribution in [3.05, 3.63) is 47.1 Å². The van der Waals surface area contributed by atoms with Crippen LogP contribution >= 0.6 is 11.3 Å². The molecule has 5 heteroatoms. The lowest BCUT2D eigenvalue weighted by Crippen LogP contribution is -2.00. The summed E-state index contributed by atoms with van der Waals surface area (Å²) in [5.74, 6) is -1.29. The molecule has 19 heavy (non-hydrogen) atoms. The van der Waals surface area contributed by atoms with Gasteiger partial charge in [0, 0.05) is 10.9 Å². The summed E-state index contributed by atoms with van der Waals surface area (Å²) in [5, 5.41) is 11.6. The van der Waals surface area contributed by atoms with E-state index < -0.39 is 5.97 Å². The van der Waals surface area contributed by atoms with Gasteiger partial charge in [-0.15, -0.1) is 11.3 Å². The lowest BCUT2D eigenvalue weighted by molar-refractivity contribution is -0.136. The Balaban J connectivity index is 2.28. The van der Waals surface area contributed by atoms with Crippen LogP contribution in [-0.4, -0.2) is 16.1 Å². The minimum Gasteiger partial charge on any atom is -0.481 e. The van der Waals surface area contributed by atoms with Gasteiger partial charge in [0.05, 0.1) is 17.0 Å². The number of nitrogens with one attached hydrogen (secondary N) is 1. The van der Waals surface area contributed by atoms with E-state index in [9.17, 15) is 9.18 Å². The van der Waals surface area contributed by atoms with Gasteiger partial charge in [0.2, 0.25) is 0 Å². The molecule has 1 aromatic carbocycles. The van der Waals surface area contributed by atoms with Crippen LogP contribution < -0.4 is 0 Å². The minimum atomic E-state index is -0.928. The number of aromatic amines is 1. The highest BCUT2D eigenvalue weighted by Gasteiger charge is 2.16. The van der Waals surface area contributed by atoms with Gasteiger partial charge in [-0.05, 0) is 35.2 Å². The molecule has 0 saturated heterocycles. The van der Waals surface area contributed by atoms with E-state index in [-0.39, 0.29) is 12.2 Å². The molecule has 96 valence electrons. The number of hydrogen-bond acceptors (Lipinski definition) is 2. The van der Waals surface area contributed by atoms with E-state index >= 15 is 0 Å². The highest BCUT2D eigenvalue weighted by molar-refractivity contribution is 7.13. The van der Waals surface area contributed by atoms with Gasteiger partial charge in [-0.1, -0.05) is 6.07 Å². The summed E-state index contributed by atoms with van der Waals surface area (Å²) >= 11 is 1.52. The number of H-pyrrole nitrogens is 1. The molecule has 0 unspecified atom stereocenters. The number of benzene rings is 1. The molecule has 2 heterocycles. The van der Waals surface area contributed by atoms with E-state index in [1.54, 1.807) is 6.07 Å². The van der Waals surface area contributed by atoms with Crippen molar-refractivity contribution in [2.45, 2.75) is 6.42 Å². The van der Waals surface area contributed by atoms with Crippen LogP contribution in [0, 0.1) is 5.82 Å². The zero-order chi connectivity index (χ0) is 13.4. The fourth-order valence-electron chi connectivity index (χ4n) is 2.19. The van der Waals surface area contributed by atoms with Crippen molar-refractivity contribution in [1.82, 2.24) is 4.98 Å². The van der Waals surface area contributed by atoms with Crippen molar-refractivity contribution in [2.75, 3.05) is 0 Å². The third-order valence-electron chi connectivity index (χ3n) is 2.96. The minimum absolute atomic E-state index is 0.128. The number of aliphatic carboxylic acids is 1. The second-order valence-electron chi connectivity index (χ2n) is 4.22. The van der Waals surface area contributed by atoms with Crippen LogP contribution in [0.1, 0.15) is 5.56 Å². The fourth-order valence-corrected chi connectivity index (χ4v) is 2.94. The predicted molar refractivity (Wildman–Crippen MR) is 72.9 cm³/mol. The van der Waals surface area contributed by atoms with Gasteiger partial charge in [0.25, 0.3) is 0 Å². The van der Waals surface area contributed by atoms with E-state index in [4.69, 9.17) is 5.11 Å². The van der Waals surface area contributed by atoms with E-state index in [0.717, 1.165) is 16.1 Å². The Morgan fingerprint density at radius 3 is 2.89 bits per heavy atom. The Morgan fingerprint density at radius 2 is 2.21 bits per heavy atom. The van der Waals surface area contributed by atoms with Gasteiger partial charge < -0.3 is 10.1 Å². The summed E-state index contributed by atoms with van der Waals surface area (Å²) in [6.45, 7) is 0. The molecular weight excluding hydrogens is 265 g/mol. The first-order valence-electron chi connectivity index (χ1n) is 5.71. The summed E-state index contributed by atoms with van der Waals surface area (Å²) in [6, 6.07) is 8.18. The van der Waals surface area contributed by atoms with Crippen LogP contribution in [0.2, 0.25) is 0 Å². The Morgan fingerprint density at radius 1 is 1.37 bits per heavy atom. The summed E-state index contributed by atoms with van der Waals surface area (Å²) < 4.78 is 13.3. The highest BCUT2D eigenvalue weighted by atomic mass is 32.1. The molecule has 0 radical (unpaired) electrons. The van der Waals surface area contributed by atoms with Crippen LogP contribution in [0.5, 0.6) is 0 Å². The lowest BCUT2D eigenvalue weighted by Gasteiger charge is -1.99. The van der Waals surface area contributed by atoms with Gasteiger partial charge in [-0.3, -0.25) is 4.79 Å². The number of rotatable bonds is 3. The maximum Gasteiger partial charge on any atom is 0.307 e. The zero-order valence-electron chi connectivity index (χ0n) is 9.81. The van der Waals surface area contributed by atoms with Crippen LogP contribution in [0.25, 0.3) is 21.5 Å². The third-order valence-corrected chi connectivity index (χ3v) is 3.85. The molecule has 3 aromatic rings. The quantitative estimate of drug-likeness (QED) is 0.766. The first kappa shape index (κ1) is 11.9. The normalized spacial score (nSPS) is 11.0. The monoisotopic (exact) mass is 275 g/mol. The number of halogens is 1. The summed E-state index contributed by atoms with van der Waals surface area (Å²) in [7, 11) is 0. The van der Waals surface area contributed by atoms with Crippen molar-refractivity contribution in [2.24, 2.45) is 0 Å². The molecule has 3 rings (SSSR count). The molecule has 0 amide bonds. The number of carbonyl (C=O) groups is 1. The molecule has 0 saturated carbocycles. The SMILES string of the molecule is O=C(O)Cc1c(-c2cccs2)[nH]c2ccc(F)cc12. The van der Waals surface area contributed by atoms with E-state index in [1.807, 2.05) is 17.5 Å². The van der Waals surface area contributed by atoms with Crippen molar-refractivity contribution >= 4 is 28.2 Å². The molecule has 0 aliphatic rings. The average molecular weight is 275 g/mol. The van der Waals surface area contributed by atoms with Crippen LogP contribution in [0.4, 0.5) is 4.39 Å². The molecule has 2 aromatic heterocycles. The number of carboxylic acids is 1. The van der Waals surface area contributed by atoms with E-state index in [2.05, 4.69) is 4.98 Å². The van der Waals surface area contributed by atoms with Crippen LogP contribution in [0.15, 0.2) is 35.7 Å². The maximum absolute atomic E-state index is 13.3. The molecule has 0 aliphatic carbocycles. The Kier molecular flexibility index (Phi) is 2.83. The van der Waals surface area contributed by atoms with Crippen LogP contribution in [-0.2, 0) is 11.2 Å². The highest BCUT2D eigenvalue weighted by Crippen LogP contribution is 2.33. The summed E-state index contributed by atoms with van der Waals surface area (Å²) in [4.78, 5) is 15.1. The second-order valence-corrected chi connectivity index (χ2v) is 5.16. The molecular formula is C14H10FNO2S. The van der Waals surface area contributed by atoms with Crippen molar-refractivity contribution in [1.29, 1.82) is 0 Å². The Bertz CT molecular complexity index is 746. The average Bonchev–Trinajstić information content (AvgIpc) is 2.97. The number of hydrogen-bond donors (Lipinski definition) is 2. The number of carboxylic acid groups (broad SMARTS) is 1. The van der Waals surface area contributed by atoms with E-state index in [1.165, 1.54) is 23.5 Å². The topological polar surface area (TPSA) is 53.1 Å². The van der Waals surface area contributed by atoms with Gasteiger partial charge in [-0.2, -0.15) is 0 Å². The summed E-state index contributed by atoms with van der Waals surface area (Å²) in [5.41, 5.74) is 2.14. The van der Waals surface area contributed by atoms with Gasteiger partial charge >= 0.3 is 5.97 Å². The van der Waals surface area contributed by atoms with Crippen molar-refractivity contribution in [3.63, 3.8) is 0 Å². The van der Waals surface area contributed by atoms with Crippen LogP contribution in [0.3, 0.4) is 0 Å². The first-order valence-corrected chi connectivity index (χ1v) is 6.59. The smallest absolute Gasteiger partial charge is 0.307 e. The van der Waals surface area contributed by atoms with Gasteiger partial charge in [0.15, 0.2) is 0 Å². The Hall–Kier alpha value is -2.14. The standard InChI is InChI=1S/C14H10FNO2S/c15-8-3-4-11-9(6-8)10(7-13(17)18)14(16-11)12-2-1-5-19-12/h1-6,16H,7H2,(H,17,18). The number of thiophene rings is 1. The summed E-state index contributed by atoms with van der Waals surface area (Å²) in [6.07, 6.45) is -0.128. The van der Waals surface area contributed by atoms with Gasteiger partial charge in [-0.25, -0.2) is 4.39 Å². The second kappa shape index (κ2) is 4.51.